The van der Waals surface area contributed by atoms with Gasteiger partial charge in [0.05, 0.1) is 12.5 Å². The molecule has 0 radical (unpaired) electrons. The van der Waals surface area contributed by atoms with Gasteiger partial charge in [-0.1, -0.05) is 5.16 Å². The molecule has 0 fully saturated rings. The number of halogens is 1. The molecule has 0 spiro atoms. The number of amides is 1. The SMILES string of the molecule is CCOC(=O)C(=N/O)/C(CCl)=N/NC(C)=O. The largest absolute Gasteiger partial charge is 0.461 e. The van der Waals surface area contributed by atoms with Crippen molar-refractivity contribution in [2.24, 2.45) is 10.3 Å². The van der Waals surface area contributed by atoms with Crippen molar-refractivity contribution in [3.05, 3.63) is 0 Å². The van der Waals surface area contributed by atoms with Crippen molar-refractivity contribution >= 4 is 34.9 Å². The van der Waals surface area contributed by atoms with E-state index in [-0.39, 0.29) is 18.2 Å². The van der Waals surface area contributed by atoms with Crippen LogP contribution >= 0.6 is 11.6 Å². The topological polar surface area (TPSA) is 100 Å². The van der Waals surface area contributed by atoms with Gasteiger partial charge in [0.2, 0.25) is 11.6 Å². The first-order chi connectivity index (χ1) is 7.56. The number of hydrogen-bond acceptors (Lipinski definition) is 6. The molecule has 0 unspecified atom stereocenters. The summed E-state index contributed by atoms with van der Waals surface area (Å²) in [5.74, 6) is -1.52. The Morgan fingerprint density at radius 2 is 2.12 bits per heavy atom. The first kappa shape index (κ1) is 14.4. The fraction of sp³-hybridized carbons (Fsp3) is 0.500. The van der Waals surface area contributed by atoms with Crippen LogP contribution in [0.5, 0.6) is 0 Å². The first-order valence-electron chi connectivity index (χ1n) is 4.35. The fourth-order valence-electron chi connectivity index (χ4n) is 0.708. The minimum Gasteiger partial charge on any atom is -0.461 e. The third kappa shape index (κ3) is 4.74. The number of hydrogen-bond donors (Lipinski definition) is 2. The Balaban J connectivity index is 4.84. The predicted molar refractivity (Wildman–Crippen MR) is 57.8 cm³/mol. The number of carbonyl (C=O) groups is 2. The number of alkyl halides is 1. The van der Waals surface area contributed by atoms with Crippen LogP contribution in [0.2, 0.25) is 0 Å². The van der Waals surface area contributed by atoms with Gasteiger partial charge in [0.25, 0.3) is 0 Å². The van der Waals surface area contributed by atoms with Gasteiger partial charge in [-0.25, -0.2) is 10.2 Å². The number of oxime groups is 1. The third-order valence-electron chi connectivity index (χ3n) is 1.32. The van der Waals surface area contributed by atoms with Crippen LogP contribution in [0, 0.1) is 0 Å². The summed E-state index contributed by atoms with van der Waals surface area (Å²) in [6, 6.07) is 0. The fourth-order valence-corrected chi connectivity index (χ4v) is 0.894. The summed E-state index contributed by atoms with van der Waals surface area (Å²) in [5.41, 5.74) is 1.55. The van der Waals surface area contributed by atoms with Gasteiger partial charge in [-0.2, -0.15) is 5.10 Å². The predicted octanol–water partition coefficient (Wildman–Crippen LogP) is 0.111. The number of ether oxygens (including phenoxy) is 1. The second kappa shape index (κ2) is 7.63. The zero-order chi connectivity index (χ0) is 12.6. The number of carbonyl (C=O) groups excluding carboxylic acids is 2. The Labute approximate surface area is 97.1 Å². The molecule has 0 atom stereocenters. The Kier molecular flexibility index (Phi) is 6.86. The van der Waals surface area contributed by atoms with Crippen LogP contribution in [-0.2, 0) is 14.3 Å². The van der Waals surface area contributed by atoms with Gasteiger partial charge < -0.3 is 9.94 Å². The summed E-state index contributed by atoms with van der Waals surface area (Å²) >= 11 is 5.49. The molecule has 2 N–H and O–H groups in total. The summed E-state index contributed by atoms with van der Waals surface area (Å²) in [6.07, 6.45) is 0. The average Bonchev–Trinajstić information content (AvgIpc) is 2.24. The van der Waals surface area contributed by atoms with Crippen molar-refractivity contribution in [3.8, 4) is 0 Å². The normalized spacial score (nSPS) is 12.2. The highest BCUT2D eigenvalue weighted by Crippen LogP contribution is 1.93. The van der Waals surface area contributed by atoms with Crippen LogP contribution in [0.25, 0.3) is 0 Å². The molecule has 0 heterocycles. The highest BCUT2D eigenvalue weighted by Gasteiger charge is 2.20. The van der Waals surface area contributed by atoms with Gasteiger partial charge in [-0.15, -0.1) is 11.6 Å². The van der Waals surface area contributed by atoms with Crippen LogP contribution in [0.15, 0.2) is 10.3 Å². The lowest BCUT2D eigenvalue weighted by Crippen LogP contribution is -2.30. The first-order valence-corrected chi connectivity index (χ1v) is 4.88. The molecule has 0 bridgehead atoms. The maximum atomic E-state index is 11.3. The molecular formula is C8H12ClN3O4. The minimum absolute atomic E-state index is 0.0854. The molecule has 0 aliphatic rings. The molecule has 0 aliphatic heterocycles. The van der Waals surface area contributed by atoms with Gasteiger partial charge >= 0.3 is 5.97 Å². The van der Waals surface area contributed by atoms with E-state index in [1.165, 1.54) is 6.92 Å². The molecule has 1 amide bonds. The molecule has 0 saturated carbocycles. The zero-order valence-electron chi connectivity index (χ0n) is 8.86. The van der Waals surface area contributed by atoms with Crippen LogP contribution < -0.4 is 5.43 Å². The standard InChI is InChI=1S/C8H12ClN3O4/c1-3-16-8(14)7(12-15)6(4-9)11-10-5(2)13/h15H,3-4H2,1-2H3,(H,10,13)/b11-6+,12-7+. The van der Waals surface area contributed by atoms with E-state index in [1.807, 2.05) is 0 Å². The van der Waals surface area contributed by atoms with E-state index in [1.54, 1.807) is 6.92 Å². The zero-order valence-corrected chi connectivity index (χ0v) is 9.61. The molecule has 0 aromatic rings. The van der Waals surface area contributed by atoms with Crippen LogP contribution in [0.4, 0.5) is 0 Å². The molecule has 0 saturated heterocycles. The Morgan fingerprint density at radius 3 is 2.50 bits per heavy atom. The van der Waals surface area contributed by atoms with E-state index >= 15 is 0 Å². The molecule has 0 aromatic carbocycles. The number of nitrogens with one attached hydrogen (secondary N) is 1. The molecule has 16 heavy (non-hydrogen) atoms. The van der Waals surface area contributed by atoms with Crippen molar-refractivity contribution in [2.45, 2.75) is 13.8 Å². The van der Waals surface area contributed by atoms with Gasteiger partial charge in [-0.3, -0.25) is 4.79 Å². The van der Waals surface area contributed by atoms with E-state index in [2.05, 4.69) is 20.4 Å². The van der Waals surface area contributed by atoms with Crippen molar-refractivity contribution in [2.75, 3.05) is 12.5 Å². The number of hydrazone groups is 1. The Bertz CT molecular complexity index is 327. The van der Waals surface area contributed by atoms with Crippen molar-refractivity contribution < 1.29 is 19.5 Å². The number of rotatable bonds is 5. The summed E-state index contributed by atoms with van der Waals surface area (Å²) < 4.78 is 4.60. The van der Waals surface area contributed by atoms with E-state index in [0.717, 1.165) is 0 Å². The number of nitrogens with zero attached hydrogens (tertiary/aromatic N) is 2. The number of esters is 1. The summed E-state index contributed by atoms with van der Waals surface area (Å²) in [6.45, 7) is 2.95. The highest BCUT2D eigenvalue weighted by atomic mass is 35.5. The lowest BCUT2D eigenvalue weighted by Gasteiger charge is -2.04. The van der Waals surface area contributed by atoms with Gasteiger partial charge in [0.15, 0.2) is 0 Å². The van der Waals surface area contributed by atoms with Crippen molar-refractivity contribution in [1.29, 1.82) is 0 Å². The van der Waals surface area contributed by atoms with E-state index in [0.29, 0.717) is 0 Å². The Hall–Kier alpha value is -1.63. The molecule has 8 heteroatoms. The highest BCUT2D eigenvalue weighted by molar-refractivity contribution is 6.69. The van der Waals surface area contributed by atoms with Crippen LogP contribution in [0.1, 0.15) is 13.8 Å². The molecule has 7 nitrogen and oxygen atoms in total. The smallest absolute Gasteiger partial charge is 0.362 e. The summed E-state index contributed by atoms with van der Waals surface area (Å²) in [4.78, 5) is 21.8. The quantitative estimate of drug-likeness (QED) is 0.237. The Morgan fingerprint density at radius 1 is 1.50 bits per heavy atom. The molecule has 0 aliphatic carbocycles. The average molecular weight is 250 g/mol. The summed E-state index contributed by atoms with van der Waals surface area (Å²) in [5, 5.41) is 14.9. The third-order valence-corrected chi connectivity index (χ3v) is 1.57. The molecule has 90 valence electrons. The van der Waals surface area contributed by atoms with E-state index in [4.69, 9.17) is 16.8 Å². The van der Waals surface area contributed by atoms with Gasteiger partial charge in [-0.05, 0) is 6.92 Å². The molecule has 0 aromatic heterocycles. The van der Waals surface area contributed by atoms with Gasteiger partial charge in [0.1, 0.15) is 5.71 Å². The van der Waals surface area contributed by atoms with Crippen LogP contribution in [-0.4, -0.2) is 41.0 Å². The van der Waals surface area contributed by atoms with Crippen LogP contribution in [0.3, 0.4) is 0 Å². The van der Waals surface area contributed by atoms with E-state index in [9.17, 15) is 9.59 Å². The van der Waals surface area contributed by atoms with Crippen molar-refractivity contribution in [3.63, 3.8) is 0 Å². The van der Waals surface area contributed by atoms with Crippen molar-refractivity contribution in [1.82, 2.24) is 5.43 Å². The minimum atomic E-state index is -0.866. The second-order valence-electron chi connectivity index (χ2n) is 2.53. The van der Waals surface area contributed by atoms with Gasteiger partial charge in [0, 0.05) is 6.92 Å². The molecular weight excluding hydrogens is 238 g/mol. The maximum Gasteiger partial charge on any atom is 0.362 e. The summed E-state index contributed by atoms with van der Waals surface area (Å²) in [7, 11) is 0. The van der Waals surface area contributed by atoms with E-state index < -0.39 is 17.6 Å². The second-order valence-corrected chi connectivity index (χ2v) is 2.80. The monoisotopic (exact) mass is 249 g/mol. The lowest BCUT2D eigenvalue weighted by atomic mass is 10.2. The molecule has 0 rings (SSSR count). The lowest BCUT2D eigenvalue weighted by molar-refractivity contribution is -0.135. The maximum absolute atomic E-state index is 11.3.